The van der Waals surface area contributed by atoms with Crippen molar-refractivity contribution in [1.29, 1.82) is 0 Å². The first-order chi connectivity index (χ1) is 7.81. The lowest BCUT2D eigenvalue weighted by atomic mass is 10.2. The van der Waals surface area contributed by atoms with Gasteiger partial charge in [0.1, 0.15) is 0 Å². The van der Waals surface area contributed by atoms with Crippen molar-refractivity contribution in [1.82, 2.24) is 4.98 Å². The second-order valence-electron chi connectivity index (χ2n) is 3.43. The highest BCUT2D eigenvalue weighted by molar-refractivity contribution is 9.10. The van der Waals surface area contributed by atoms with E-state index in [1.807, 2.05) is 24.5 Å². The smallest absolute Gasteiger partial charge is 0.0441 e. The van der Waals surface area contributed by atoms with E-state index in [1.165, 1.54) is 11.4 Å². The van der Waals surface area contributed by atoms with Crippen LogP contribution in [0, 0.1) is 0 Å². The Labute approximate surface area is 104 Å². The van der Waals surface area contributed by atoms with Gasteiger partial charge >= 0.3 is 0 Å². The molecule has 1 aromatic heterocycles. The fourth-order valence-corrected chi connectivity index (χ4v) is 1.92. The quantitative estimate of drug-likeness (QED) is 0.842. The predicted molar refractivity (Wildman–Crippen MR) is 71.1 cm³/mol. The largest absolute Gasteiger partial charge is 0.342 e. The molecular formula is C13H13BrN2. The number of nitrogens with zero attached hydrogens (tertiary/aromatic N) is 2. The number of hydrogen-bond donors (Lipinski definition) is 0. The molecule has 0 spiro atoms. The lowest BCUT2D eigenvalue weighted by Crippen LogP contribution is -2.15. The summed E-state index contributed by atoms with van der Waals surface area (Å²) in [5, 5.41) is 0. The van der Waals surface area contributed by atoms with Crippen LogP contribution in [0.25, 0.3) is 0 Å². The van der Waals surface area contributed by atoms with E-state index in [9.17, 15) is 0 Å². The molecule has 82 valence electrons. The molecule has 16 heavy (non-hydrogen) atoms. The number of aromatic nitrogens is 1. The Balaban J connectivity index is 2.33. The van der Waals surface area contributed by atoms with Crippen LogP contribution in [-0.2, 0) is 0 Å². The summed E-state index contributed by atoms with van der Waals surface area (Å²) in [6.45, 7) is 3.08. The summed E-state index contributed by atoms with van der Waals surface area (Å²) >= 11 is 3.44. The highest BCUT2D eigenvalue weighted by Crippen LogP contribution is 2.25. The molecule has 1 aromatic carbocycles. The van der Waals surface area contributed by atoms with Gasteiger partial charge in [-0.1, -0.05) is 15.9 Å². The van der Waals surface area contributed by atoms with Gasteiger partial charge in [0.25, 0.3) is 0 Å². The van der Waals surface area contributed by atoms with Crippen molar-refractivity contribution in [2.75, 3.05) is 11.4 Å². The Bertz CT molecular complexity index is 439. The van der Waals surface area contributed by atoms with E-state index >= 15 is 0 Å². The summed E-state index contributed by atoms with van der Waals surface area (Å²) in [5.41, 5.74) is 2.36. The zero-order valence-corrected chi connectivity index (χ0v) is 10.7. The molecule has 0 aliphatic heterocycles. The van der Waals surface area contributed by atoms with Crippen LogP contribution in [0.15, 0.2) is 53.3 Å². The molecule has 0 saturated carbocycles. The van der Waals surface area contributed by atoms with Crippen LogP contribution in [0.4, 0.5) is 11.4 Å². The van der Waals surface area contributed by atoms with E-state index in [1.54, 1.807) is 0 Å². The average Bonchev–Trinajstić information content (AvgIpc) is 2.34. The van der Waals surface area contributed by atoms with Gasteiger partial charge in [0.15, 0.2) is 0 Å². The Morgan fingerprint density at radius 1 is 1.00 bits per heavy atom. The number of rotatable bonds is 3. The van der Waals surface area contributed by atoms with Crippen molar-refractivity contribution in [2.24, 2.45) is 0 Å². The van der Waals surface area contributed by atoms with Crippen molar-refractivity contribution >= 4 is 27.3 Å². The SMILES string of the molecule is CCN(c1ccncc1)c1ccc(Br)cc1. The third-order valence-electron chi connectivity index (χ3n) is 2.43. The molecule has 3 heteroatoms. The van der Waals surface area contributed by atoms with Gasteiger partial charge in [-0.2, -0.15) is 0 Å². The molecule has 2 nitrogen and oxygen atoms in total. The van der Waals surface area contributed by atoms with Gasteiger partial charge in [0.05, 0.1) is 0 Å². The van der Waals surface area contributed by atoms with Crippen LogP contribution in [0.3, 0.4) is 0 Å². The minimum atomic E-state index is 0.936. The highest BCUT2D eigenvalue weighted by Gasteiger charge is 2.05. The second kappa shape index (κ2) is 5.12. The van der Waals surface area contributed by atoms with Gasteiger partial charge in [-0.05, 0) is 43.3 Å². The van der Waals surface area contributed by atoms with Crippen LogP contribution in [0.1, 0.15) is 6.92 Å². The van der Waals surface area contributed by atoms with Crippen LogP contribution in [0.5, 0.6) is 0 Å². The van der Waals surface area contributed by atoms with Gasteiger partial charge in [-0.25, -0.2) is 0 Å². The number of hydrogen-bond acceptors (Lipinski definition) is 2. The van der Waals surface area contributed by atoms with E-state index < -0.39 is 0 Å². The highest BCUT2D eigenvalue weighted by atomic mass is 79.9. The Morgan fingerprint density at radius 2 is 1.56 bits per heavy atom. The summed E-state index contributed by atoms with van der Waals surface area (Å²) in [4.78, 5) is 6.28. The summed E-state index contributed by atoms with van der Waals surface area (Å²) in [6.07, 6.45) is 3.63. The van der Waals surface area contributed by atoms with Crippen LogP contribution < -0.4 is 4.90 Å². The van der Waals surface area contributed by atoms with Gasteiger partial charge in [0, 0.05) is 34.8 Å². The molecule has 0 atom stereocenters. The number of halogens is 1. The lowest BCUT2D eigenvalue weighted by Gasteiger charge is -2.23. The maximum absolute atomic E-state index is 4.04. The van der Waals surface area contributed by atoms with E-state index in [0.717, 1.165) is 11.0 Å². The number of pyridine rings is 1. The molecule has 0 radical (unpaired) electrons. The first-order valence-electron chi connectivity index (χ1n) is 5.24. The third-order valence-corrected chi connectivity index (χ3v) is 2.96. The molecule has 2 rings (SSSR count). The van der Waals surface area contributed by atoms with Gasteiger partial charge in [-0.15, -0.1) is 0 Å². The standard InChI is InChI=1S/C13H13BrN2/c1-2-16(13-7-9-15-10-8-13)12-5-3-11(14)4-6-12/h3-10H,2H2,1H3. The maximum Gasteiger partial charge on any atom is 0.0441 e. The molecule has 0 fully saturated rings. The Kier molecular flexibility index (Phi) is 3.57. The van der Waals surface area contributed by atoms with E-state index in [-0.39, 0.29) is 0 Å². The molecule has 0 aliphatic carbocycles. The van der Waals surface area contributed by atoms with Gasteiger partial charge in [0.2, 0.25) is 0 Å². The number of benzene rings is 1. The topological polar surface area (TPSA) is 16.1 Å². The monoisotopic (exact) mass is 276 g/mol. The normalized spacial score (nSPS) is 10.1. The first kappa shape index (κ1) is 11.1. The van der Waals surface area contributed by atoms with Gasteiger partial charge in [-0.3, -0.25) is 4.98 Å². The van der Waals surface area contributed by atoms with Crippen LogP contribution >= 0.6 is 15.9 Å². The summed E-state index contributed by atoms with van der Waals surface area (Å²) in [5.74, 6) is 0. The van der Waals surface area contributed by atoms with Crippen molar-refractivity contribution in [3.8, 4) is 0 Å². The van der Waals surface area contributed by atoms with Crippen molar-refractivity contribution in [2.45, 2.75) is 6.92 Å². The zero-order valence-electron chi connectivity index (χ0n) is 9.10. The van der Waals surface area contributed by atoms with E-state index in [2.05, 4.69) is 57.0 Å². The lowest BCUT2D eigenvalue weighted by molar-refractivity contribution is 1.02. The minimum absolute atomic E-state index is 0.936. The molecule has 0 saturated heterocycles. The van der Waals surface area contributed by atoms with Crippen LogP contribution in [0.2, 0.25) is 0 Å². The molecule has 1 heterocycles. The van der Waals surface area contributed by atoms with Crippen molar-refractivity contribution in [3.05, 3.63) is 53.3 Å². The molecule has 0 unspecified atom stereocenters. The Hall–Kier alpha value is -1.35. The first-order valence-corrected chi connectivity index (χ1v) is 6.03. The fraction of sp³-hybridized carbons (Fsp3) is 0.154. The summed E-state index contributed by atoms with van der Waals surface area (Å²) in [6, 6.07) is 12.4. The molecule has 0 bridgehead atoms. The molecule has 2 aromatic rings. The third kappa shape index (κ3) is 2.42. The van der Waals surface area contributed by atoms with E-state index in [4.69, 9.17) is 0 Å². The molecule has 0 aliphatic rings. The Morgan fingerprint density at radius 3 is 2.12 bits per heavy atom. The van der Waals surface area contributed by atoms with Crippen LogP contribution in [-0.4, -0.2) is 11.5 Å². The predicted octanol–water partition coefficient (Wildman–Crippen LogP) is 4.00. The molecule has 0 amide bonds. The minimum Gasteiger partial charge on any atom is -0.342 e. The molecule has 0 N–H and O–H groups in total. The maximum atomic E-state index is 4.04. The summed E-state index contributed by atoms with van der Waals surface area (Å²) < 4.78 is 1.10. The average molecular weight is 277 g/mol. The fourth-order valence-electron chi connectivity index (χ4n) is 1.66. The second-order valence-corrected chi connectivity index (χ2v) is 4.34. The number of anilines is 2. The zero-order chi connectivity index (χ0) is 11.4. The summed E-state index contributed by atoms with van der Waals surface area (Å²) in [7, 11) is 0. The van der Waals surface area contributed by atoms with Gasteiger partial charge < -0.3 is 4.90 Å². The molecular weight excluding hydrogens is 264 g/mol. The van der Waals surface area contributed by atoms with E-state index in [0.29, 0.717) is 0 Å². The van der Waals surface area contributed by atoms with Crippen molar-refractivity contribution in [3.63, 3.8) is 0 Å². The van der Waals surface area contributed by atoms with Crippen molar-refractivity contribution < 1.29 is 0 Å².